The van der Waals surface area contributed by atoms with Gasteiger partial charge in [0, 0.05) is 6.54 Å². The maximum atomic E-state index is 12.3. The zero-order valence-electron chi connectivity index (χ0n) is 14.9. The summed E-state index contributed by atoms with van der Waals surface area (Å²) in [6, 6.07) is -0.578. The lowest BCUT2D eigenvalue weighted by Gasteiger charge is -2.32. The van der Waals surface area contributed by atoms with Gasteiger partial charge in [-0.05, 0) is 25.7 Å². The van der Waals surface area contributed by atoms with Gasteiger partial charge >= 0.3 is 12.1 Å². The third-order valence-corrected chi connectivity index (χ3v) is 3.41. The highest BCUT2D eigenvalue weighted by molar-refractivity contribution is 5.81. The highest BCUT2D eigenvalue weighted by Gasteiger charge is 2.34. The first-order valence-corrected chi connectivity index (χ1v) is 8.59. The molecule has 0 saturated heterocycles. The lowest BCUT2D eigenvalue weighted by atomic mass is 10.0. The Morgan fingerprint density at radius 1 is 0.955 bits per heavy atom. The monoisotopic (exact) mass is 315 g/mol. The Balaban J connectivity index is 4.95. The first-order valence-electron chi connectivity index (χ1n) is 8.59. The van der Waals surface area contributed by atoms with Crippen molar-refractivity contribution in [1.29, 1.82) is 0 Å². The van der Waals surface area contributed by atoms with Crippen LogP contribution in [0.3, 0.4) is 0 Å². The van der Waals surface area contributed by atoms with Crippen molar-refractivity contribution >= 4 is 12.1 Å². The van der Waals surface area contributed by atoms with Gasteiger partial charge in [-0.25, -0.2) is 9.59 Å². The number of ether oxygens (including phenoxy) is 2. The van der Waals surface area contributed by atoms with Crippen LogP contribution in [-0.2, 0) is 14.3 Å². The van der Waals surface area contributed by atoms with Crippen LogP contribution in [0.1, 0.15) is 66.7 Å². The molecule has 5 nitrogen and oxygen atoms in total. The van der Waals surface area contributed by atoms with Crippen LogP contribution in [0, 0.1) is 5.92 Å². The number of carbonyl (C=O) groups excluding carboxylic acids is 2. The Morgan fingerprint density at radius 3 is 2.14 bits per heavy atom. The van der Waals surface area contributed by atoms with Crippen LogP contribution in [0.15, 0.2) is 0 Å². The van der Waals surface area contributed by atoms with E-state index in [2.05, 4.69) is 6.92 Å². The molecule has 0 rings (SSSR count). The zero-order chi connectivity index (χ0) is 17.0. The number of rotatable bonds is 11. The van der Waals surface area contributed by atoms with Gasteiger partial charge in [-0.15, -0.1) is 0 Å². The molecule has 1 atom stereocenters. The molecular weight excluding hydrogens is 282 g/mol. The smallest absolute Gasteiger partial charge is 0.410 e. The van der Waals surface area contributed by atoms with Crippen molar-refractivity contribution in [2.24, 2.45) is 5.92 Å². The van der Waals surface area contributed by atoms with Crippen molar-refractivity contribution in [2.75, 3.05) is 19.8 Å². The molecule has 0 spiro atoms. The van der Waals surface area contributed by atoms with Crippen molar-refractivity contribution < 1.29 is 19.1 Å². The van der Waals surface area contributed by atoms with Crippen molar-refractivity contribution in [3.8, 4) is 0 Å². The summed E-state index contributed by atoms with van der Waals surface area (Å²) in [5.74, 6) is -0.360. The van der Waals surface area contributed by atoms with Crippen molar-refractivity contribution in [1.82, 2.24) is 4.90 Å². The molecule has 0 aliphatic rings. The molecular formula is C17H33NO4. The molecule has 0 aliphatic carbocycles. The van der Waals surface area contributed by atoms with Crippen molar-refractivity contribution in [3.05, 3.63) is 0 Å². The standard InChI is InChI=1S/C17H33NO4/c1-6-9-10-11-12-18(17(20)22-13-7-2)15(14(4)5)16(19)21-8-3/h14-15H,6-13H2,1-5H3/t15-/m0/s1. The molecule has 0 radical (unpaired) electrons. The third kappa shape index (κ3) is 7.66. The van der Waals surface area contributed by atoms with Crippen LogP contribution >= 0.6 is 0 Å². The fourth-order valence-electron chi connectivity index (χ4n) is 2.31. The topological polar surface area (TPSA) is 55.8 Å². The molecule has 0 saturated carbocycles. The molecule has 130 valence electrons. The first-order chi connectivity index (χ1) is 10.5. The van der Waals surface area contributed by atoms with E-state index in [1.165, 1.54) is 0 Å². The molecule has 22 heavy (non-hydrogen) atoms. The quantitative estimate of drug-likeness (QED) is 0.427. The normalized spacial score (nSPS) is 12.1. The van der Waals surface area contributed by atoms with Gasteiger partial charge in [-0.1, -0.05) is 47.0 Å². The van der Waals surface area contributed by atoms with E-state index in [1.807, 2.05) is 20.8 Å². The highest BCUT2D eigenvalue weighted by atomic mass is 16.6. The molecule has 0 bridgehead atoms. The molecule has 0 unspecified atom stereocenters. The Hall–Kier alpha value is -1.26. The molecule has 0 aromatic rings. The Bertz CT molecular complexity index is 318. The summed E-state index contributed by atoms with van der Waals surface area (Å²) in [5, 5.41) is 0. The van der Waals surface area contributed by atoms with Gasteiger partial charge in [0.1, 0.15) is 6.04 Å². The van der Waals surface area contributed by atoms with E-state index in [-0.39, 0.29) is 11.9 Å². The summed E-state index contributed by atoms with van der Waals surface area (Å²) in [6.45, 7) is 10.9. The van der Waals surface area contributed by atoms with Gasteiger partial charge in [-0.3, -0.25) is 4.90 Å². The van der Waals surface area contributed by atoms with Gasteiger partial charge in [0.05, 0.1) is 13.2 Å². The zero-order valence-corrected chi connectivity index (χ0v) is 14.9. The van der Waals surface area contributed by atoms with E-state index < -0.39 is 12.1 Å². The van der Waals surface area contributed by atoms with Crippen LogP contribution in [0.2, 0.25) is 0 Å². The molecule has 0 aromatic carbocycles. The number of unbranched alkanes of at least 4 members (excludes halogenated alkanes) is 3. The summed E-state index contributed by atoms with van der Waals surface area (Å²) in [4.78, 5) is 26.1. The number of esters is 1. The minimum absolute atomic E-state index is 0.0144. The van der Waals surface area contributed by atoms with Crippen molar-refractivity contribution in [3.63, 3.8) is 0 Å². The predicted octanol–water partition coefficient (Wildman–Crippen LogP) is 4.00. The first kappa shape index (κ1) is 20.7. The van der Waals surface area contributed by atoms with Gasteiger partial charge < -0.3 is 9.47 Å². The maximum absolute atomic E-state index is 12.3. The second kappa shape index (κ2) is 12.3. The van der Waals surface area contributed by atoms with E-state index in [9.17, 15) is 9.59 Å². The lowest BCUT2D eigenvalue weighted by Crippen LogP contribution is -2.49. The number of nitrogens with zero attached hydrogens (tertiary/aromatic N) is 1. The van der Waals surface area contributed by atoms with Gasteiger partial charge in [-0.2, -0.15) is 0 Å². The Morgan fingerprint density at radius 2 is 1.64 bits per heavy atom. The largest absolute Gasteiger partial charge is 0.464 e. The molecule has 0 heterocycles. The summed E-state index contributed by atoms with van der Waals surface area (Å²) in [6.07, 6.45) is 4.53. The maximum Gasteiger partial charge on any atom is 0.410 e. The second-order valence-electron chi connectivity index (χ2n) is 5.81. The Labute approximate surface area is 135 Å². The SMILES string of the molecule is CCCCCCN(C(=O)OCCC)[C@H](C(=O)OCC)C(C)C. The van der Waals surface area contributed by atoms with Gasteiger partial charge in [0.25, 0.3) is 0 Å². The molecule has 0 aromatic heterocycles. The van der Waals surface area contributed by atoms with E-state index >= 15 is 0 Å². The molecule has 0 aliphatic heterocycles. The van der Waals surface area contributed by atoms with E-state index in [4.69, 9.17) is 9.47 Å². The molecule has 5 heteroatoms. The van der Waals surface area contributed by atoms with Crippen LogP contribution in [0.25, 0.3) is 0 Å². The van der Waals surface area contributed by atoms with Crippen molar-refractivity contribution in [2.45, 2.75) is 72.8 Å². The average Bonchev–Trinajstić information content (AvgIpc) is 2.47. The van der Waals surface area contributed by atoms with Crippen LogP contribution in [0.5, 0.6) is 0 Å². The van der Waals surface area contributed by atoms with E-state index in [0.717, 1.165) is 32.1 Å². The fourth-order valence-corrected chi connectivity index (χ4v) is 2.31. The fraction of sp³-hybridized carbons (Fsp3) is 0.882. The second-order valence-corrected chi connectivity index (χ2v) is 5.81. The Kier molecular flexibility index (Phi) is 11.6. The minimum Gasteiger partial charge on any atom is -0.464 e. The van der Waals surface area contributed by atoms with Gasteiger partial charge in [0.15, 0.2) is 0 Å². The summed E-state index contributed by atoms with van der Waals surface area (Å²) < 4.78 is 10.4. The minimum atomic E-state index is -0.578. The average molecular weight is 315 g/mol. The van der Waals surface area contributed by atoms with E-state index in [0.29, 0.717) is 19.8 Å². The summed E-state index contributed by atoms with van der Waals surface area (Å²) in [5.41, 5.74) is 0. The predicted molar refractivity (Wildman–Crippen MR) is 87.7 cm³/mol. The number of hydrogen-bond acceptors (Lipinski definition) is 4. The molecule has 0 N–H and O–H groups in total. The van der Waals surface area contributed by atoms with Crippen LogP contribution < -0.4 is 0 Å². The van der Waals surface area contributed by atoms with E-state index in [1.54, 1.807) is 11.8 Å². The molecule has 1 amide bonds. The van der Waals surface area contributed by atoms with Crippen LogP contribution in [-0.4, -0.2) is 42.8 Å². The number of carbonyl (C=O) groups is 2. The number of hydrogen-bond donors (Lipinski definition) is 0. The highest BCUT2D eigenvalue weighted by Crippen LogP contribution is 2.16. The summed E-state index contributed by atoms with van der Waals surface area (Å²) >= 11 is 0. The lowest BCUT2D eigenvalue weighted by molar-refractivity contribution is -0.150. The summed E-state index contributed by atoms with van der Waals surface area (Å²) in [7, 11) is 0. The van der Waals surface area contributed by atoms with Gasteiger partial charge in [0.2, 0.25) is 0 Å². The number of amides is 1. The van der Waals surface area contributed by atoms with Crippen LogP contribution in [0.4, 0.5) is 4.79 Å². The third-order valence-electron chi connectivity index (χ3n) is 3.41. The molecule has 0 fully saturated rings.